The van der Waals surface area contributed by atoms with Gasteiger partial charge in [-0.2, -0.15) is 4.98 Å². The average molecular weight is 134 g/mol. The number of nitrogens with zero attached hydrogens (tertiary/aromatic N) is 3. The Morgan fingerprint density at radius 1 is 1.60 bits per heavy atom. The third-order valence-electron chi connectivity index (χ3n) is 0.901. The summed E-state index contributed by atoms with van der Waals surface area (Å²) in [6.07, 6.45) is 6.76. The molecule has 2 N–H and O–H groups in total. The van der Waals surface area contributed by atoms with Gasteiger partial charge in [0.15, 0.2) is 0 Å². The second-order valence-corrected chi connectivity index (χ2v) is 1.64. The first-order chi connectivity index (χ1) is 4.83. The molecule has 4 nitrogen and oxygen atoms in total. The Hall–Kier alpha value is -1.63. The van der Waals surface area contributed by atoms with Gasteiger partial charge in [-0.25, -0.2) is 9.97 Å². The van der Waals surface area contributed by atoms with Crippen LogP contribution in [0.1, 0.15) is 5.82 Å². The highest BCUT2D eigenvalue weighted by Gasteiger charge is 1.92. The van der Waals surface area contributed by atoms with E-state index in [9.17, 15) is 0 Å². The van der Waals surface area contributed by atoms with Gasteiger partial charge in [-0.15, -0.1) is 6.42 Å². The zero-order valence-corrected chi connectivity index (χ0v) is 5.28. The van der Waals surface area contributed by atoms with Crippen molar-refractivity contribution < 1.29 is 0 Å². The zero-order chi connectivity index (χ0) is 7.40. The van der Waals surface area contributed by atoms with Crippen LogP contribution in [0, 0.1) is 12.3 Å². The van der Waals surface area contributed by atoms with Gasteiger partial charge in [0.1, 0.15) is 12.2 Å². The molecule has 0 aromatic carbocycles. The Morgan fingerprint density at radius 2 is 2.40 bits per heavy atom. The lowest BCUT2D eigenvalue weighted by Crippen LogP contribution is -2.00. The van der Waals surface area contributed by atoms with Crippen LogP contribution in [0.2, 0.25) is 0 Å². The van der Waals surface area contributed by atoms with Crippen molar-refractivity contribution in [3.63, 3.8) is 0 Å². The Bertz CT molecular complexity index is 263. The van der Waals surface area contributed by atoms with E-state index < -0.39 is 0 Å². The Morgan fingerprint density at radius 3 is 3.00 bits per heavy atom. The number of terminal acetylenes is 1. The summed E-state index contributed by atoms with van der Waals surface area (Å²) in [6.45, 7) is 0. The van der Waals surface area contributed by atoms with Gasteiger partial charge in [0.25, 0.3) is 0 Å². The average Bonchev–Trinajstić information content (AvgIpc) is 1.88. The van der Waals surface area contributed by atoms with Crippen LogP contribution in [0.15, 0.2) is 6.33 Å². The van der Waals surface area contributed by atoms with E-state index in [2.05, 4.69) is 20.9 Å². The molecule has 0 unspecified atom stereocenters. The van der Waals surface area contributed by atoms with Crippen LogP contribution in [0.25, 0.3) is 0 Å². The van der Waals surface area contributed by atoms with Crippen LogP contribution < -0.4 is 5.73 Å². The molecule has 0 saturated carbocycles. The second-order valence-electron chi connectivity index (χ2n) is 1.64. The van der Waals surface area contributed by atoms with Crippen molar-refractivity contribution in [1.29, 1.82) is 0 Å². The van der Waals surface area contributed by atoms with Crippen molar-refractivity contribution >= 4 is 5.95 Å². The quantitative estimate of drug-likeness (QED) is 0.532. The first kappa shape index (κ1) is 6.49. The van der Waals surface area contributed by atoms with Crippen LogP contribution in [-0.2, 0) is 6.42 Å². The summed E-state index contributed by atoms with van der Waals surface area (Å²) in [7, 11) is 0. The van der Waals surface area contributed by atoms with E-state index in [1.807, 2.05) is 0 Å². The zero-order valence-electron chi connectivity index (χ0n) is 5.28. The Balaban J connectivity index is 2.87. The molecule has 50 valence electrons. The normalized spacial score (nSPS) is 8.70. The third kappa shape index (κ3) is 1.42. The largest absolute Gasteiger partial charge is 0.368 e. The number of aromatic nitrogens is 3. The minimum Gasteiger partial charge on any atom is -0.368 e. The maximum atomic E-state index is 5.26. The van der Waals surface area contributed by atoms with E-state index in [1.165, 1.54) is 6.33 Å². The first-order valence-electron chi connectivity index (χ1n) is 2.70. The molecule has 0 amide bonds. The minimum absolute atomic E-state index is 0.209. The molecule has 0 aliphatic carbocycles. The van der Waals surface area contributed by atoms with E-state index in [1.54, 1.807) is 0 Å². The van der Waals surface area contributed by atoms with E-state index in [4.69, 9.17) is 12.2 Å². The lowest BCUT2D eigenvalue weighted by Gasteiger charge is -1.92. The van der Waals surface area contributed by atoms with Gasteiger partial charge in [0.2, 0.25) is 5.95 Å². The second kappa shape index (κ2) is 2.78. The molecular weight excluding hydrogens is 128 g/mol. The molecule has 0 radical (unpaired) electrons. The van der Waals surface area contributed by atoms with Crippen LogP contribution in [0.4, 0.5) is 5.95 Å². The summed E-state index contributed by atoms with van der Waals surface area (Å²) in [5.41, 5.74) is 5.26. The van der Waals surface area contributed by atoms with Gasteiger partial charge in [-0.1, -0.05) is 5.92 Å². The van der Waals surface area contributed by atoms with Crippen molar-refractivity contribution in [3.05, 3.63) is 12.2 Å². The molecule has 0 saturated heterocycles. The molecule has 0 atom stereocenters. The van der Waals surface area contributed by atoms with Crippen molar-refractivity contribution in [2.45, 2.75) is 6.42 Å². The number of hydrogen-bond donors (Lipinski definition) is 1. The molecule has 10 heavy (non-hydrogen) atoms. The molecule has 0 aliphatic heterocycles. The van der Waals surface area contributed by atoms with Gasteiger partial charge in [-0.05, 0) is 0 Å². The Kier molecular flexibility index (Phi) is 1.80. The summed E-state index contributed by atoms with van der Waals surface area (Å²) in [6, 6.07) is 0. The molecule has 1 heterocycles. The predicted octanol–water partition coefficient (Wildman–Crippen LogP) is -0.370. The van der Waals surface area contributed by atoms with Crippen molar-refractivity contribution in [3.8, 4) is 12.3 Å². The number of hydrogen-bond acceptors (Lipinski definition) is 4. The van der Waals surface area contributed by atoms with Crippen LogP contribution in [0.3, 0.4) is 0 Å². The van der Waals surface area contributed by atoms with Crippen molar-refractivity contribution in [1.82, 2.24) is 15.0 Å². The predicted molar refractivity (Wildman–Crippen MR) is 36.8 cm³/mol. The third-order valence-corrected chi connectivity index (χ3v) is 0.901. The Labute approximate surface area is 58.5 Å². The van der Waals surface area contributed by atoms with E-state index in [-0.39, 0.29) is 5.95 Å². The lowest BCUT2D eigenvalue weighted by molar-refractivity contribution is 0.954. The topological polar surface area (TPSA) is 64.7 Å². The standard InChI is InChI=1S/C6H6N4/c1-2-3-5-8-4-9-6(7)10-5/h1,4H,3H2,(H2,7,8,9,10). The highest BCUT2D eigenvalue weighted by molar-refractivity contribution is 5.14. The number of anilines is 1. The van der Waals surface area contributed by atoms with Crippen molar-refractivity contribution in [2.75, 3.05) is 5.73 Å². The molecule has 1 aromatic heterocycles. The maximum Gasteiger partial charge on any atom is 0.223 e. The summed E-state index contributed by atoms with van der Waals surface area (Å²) in [5, 5.41) is 0. The molecule has 0 bridgehead atoms. The molecule has 1 rings (SSSR count). The van der Waals surface area contributed by atoms with Crippen LogP contribution >= 0.6 is 0 Å². The number of rotatable bonds is 1. The highest BCUT2D eigenvalue weighted by Crippen LogP contribution is 1.90. The molecule has 1 aromatic rings. The van der Waals surface area contributed by atoms with E-state index >= 15 is 0 Å². The molecule has 0 aliphatic rings. The van der Waals surface area contributed by atoms with Gasteiger partial charge in [0.05, 0.1) is 6.42 Å². The summed E-state index contributed by atoms with van der Waals surface area (Å²) >= 11 is 0. The molecule has 0 spiro atoms. The minimum atomic E-state index is 0.209. The monoisotopic (exact) mass is 134 g/mol. The molecule has 4 heteroatoms. The van der Waals surface area contributed by atoms with E-state index in [0.717, 1.165) is 0 Å². The van der Waals surface area contributed by atoms with Gasteiger partial charge in [-0.3, -0.25) is 0 Å². The fourth-order valence-electron chi connectivity index (χ4n) is 0.521. The van der Waals surface area contributed by atoms with Crippen molar-refractivity contribution in [2.24, 2.45) is 0 Å². The van der Waals surface area contributed by atoms with Crippen LogP contribution in [-0.4, -0.2) is 15.0 Å². The van der Waals surface area contributed by atoms with E-state index in [0.29, 0.717) is 12.2 Å². The van der Waals surface area contributed by atoms with Gasteiger partial charge < -0.3 is 5.73 Å². The lowest BCUT2D eigenvalue weighted by atomic mass is 10.4. The fraction of sp³-hybridized carbons (Fsp3) is 0.167. The SMILES string of the molecule is C#CCc1ncnc(N)n1. The molecular formula is C6H6N4. The number of nitrogen functional groups attached to an aromatic ring is 1. The maximum absolute atomic E-state index is 5.26. The summed E-state index contributed by atoms with van der Waals surface area (Å²) < 4.78 is 0. The fourth-order valence-corrected chi connectivity index (χ4v) is 0.521. The molecule has 0 fully saturated rings. The smallest absolute Gasteiger partial charge is 0.223 e. The first-order valence-corrected chi connectivity index (χ1v) is 2.70. The van der Waals surface area contributed by atoms with Gasteiger partial charge >= 0.3 is 0 Å². The van der Waals surface area contributed by atoms with Crippen LogP contribution in [0.5, 0.6) is 0 Å². The summed E-state index contributed by atoms with van der Waals surface area (Å²) in [4.78, 5) is 11.2. The highest BCUT2D eigenvalue weighted by atomic mass is 15.1. The summed E-state index contributed by atoms with van der Waals surface area (Å²) in [5.74, 6) is 3.15. The van der Waals surface area contributed by atoms with Gasteiger partial charge in [0, 0.05) is 0 Å². The number of nitrogens with two attached hydrogens (primary N) is 1.